The summed E-state index contributed by atoms with van der Waals surface area (Å²) in [5.74, 6) is 0.589. The predicted octanol–water partition coefficient (Wildman–Crippen LogP) is -0.524. The minimum absolute atomic E-state index is 0.0556. The molecule has 1 atom stereocenters. The third-order valence-electron chi connectivity index (χ3n) is 3.84. The molecule has 1 unspecified atom stereocenters. The van der Waals surface area contributed by atoms with Crippen LogP contribution in [0.5, 0.6) is 0 Å². The molecule has 3 fully saturated rings. The van der Waals surface area contributed by atoms with E-state index in [2.05, 4.69) is 4.81 Å². The van der Waals surface area contributed by atoms with Gasteiger partial charge in [0.2, 0.25) is 0 Å². The highest BCUT2D eigenvalue weighted by Gasteiger charge is 2.51. The van der Waals surface area contributed by atoms with Gasteiger partial charge in [-0.3, -0.25) is 0 Å². The Kier molecular flexibility index (Phi) is 2.15. The van der Waals surface area contributed by atoms with Crippen LogP contribution in [0.1, 0.15) is 6.42 Å². The molecule has 3 heterocycles. The molecule has 7 heteroatoms. The van der Waals surface area contributed by atoms with E-state index in [0.29, 0.717) is 25.4 Å². The molecule has 3 saturated heterocycles. The van der Waals surface area contributed by atoms with E-state index in [1.807, 2.05) is 0 Å². The molecule has 0 spiro atoms. The van der Waals surface area contributed by atoms with Gasteiger partial charge in [0.1, 0.15) is 9.84 Å². The largest absolute Gasteiger partial charge is 0.554 e. The highest BCUT2D eigenvalue weighted by atomic mass is 32.2. The molecule has 0 aromatic rings. The summed E-state index contributed by atoms with van der Waals surface area (Å²) in [6, 6.07) is 0. The van der Waals surface area contributed by atoms with E-state index in [1.165, 1.54) is 0 Å². The van der Waals surface area contributed by atoms with Gasteiger partial charge in [-0.25, -0.2) is 8.42 Å². The molecule has 0 saturated carbocycles. The highest BCUT2D eigenvalue weighted by molar-refractivity contribution is 7.91. The van der Waals surface area contributed by atoms with Crippen LogP contribution < -0.4 is 0 Å². The van der Waals surface area contributed by atoms with Crippen molar-refractivity contribution < 1.29 is 17.7 Å². The zero-order valence-electron chi connectivity index (χ0n) is 8.59. The number of fused-ring (bicyclic) bond motifs is 1. The molecule has 3 aliphatic heterocycles. The summed E-state index contributed by atoms with van der Waals surface area (Å²) >= 11 is 0. The van der Waals surface area contributed by atoms with Gasteiger partial charge in [-0.2, -0.15) is 0 Å². The van der Waals surface area contributed by atoms with Crippen molar-refractivity contribution in [2.24, 2.45) is 0 Å². The molecule has 86 valence electrons. The lowest BCUT2D eigenvalue weighted by Gasteiger charge is -2.41. The third kappa shape index (κ3) is 1.44. The van der Waals surface area contributed by atoms with Crippen molar-refractivity contribution in [3.8, 4) is 0 Å². The Morgan fingerprint density at radius 3 is 2.40 bits per heavy atom. The van der Waals surface area contributed by atoms with Gasteiger partial charge in [0.25, 0.3) is 0 Å². The van der Waals surface area contributed by atoms with Gasteiger partial charge in [0.15, 0.2) is 0 Å². The lowest BCUT2D eigenvalue weighted by atomic mass is 9.57. The first kappa shape index (κ1) is 10.1. The number of nitrogens with zero attached hydrogens (tertiary/aromatic N) is 1. The minimum atomic E-state index is -2.85. The van der Waals surface area contributed by atoms with E-state index >= 15 is 0 Å². The molecule has 5 nitrogen and oxygen atoms in total. The van der Waals surface area contributed by atoms with Crippen LogP contribution in [0.4, 0.5) is 0 Å². The van der Waals surface area contributed by atoms with Gasteiger partial charge in [0.05, 0.1) is 0 Å². The van der Waals surface area contributed by atoms with Gasteiger partial charge in [-0.1, -0.05) is 12.2 Å². The van der Waals surface area contributed by atoms with Crippen LogP contribution in [0.25, 0.3) is 0 Å². The van der Waals surface area contributed by atoms with Crippen LogP contribution in [0.15, 0.2) is 0 Å². The molecule has 0 bridgehead atoms. The van der Waals surface area contributed by atoms with E-state index in [4.69, 9.17) is 9.31 Å². The monoisotopic (exact) mass is 232 g/mol. The maximum Gasteiger partial charge on any atom is 0.321 e. The fourth-order valence-corrected chi connectivity index (χ4v) is 5.03. The Labute approximate surface area is 89.6 Å². The van der Waals surface area contributed by atoms with Crippen LogP contribution in [0.2, 0.25) is 5.82 Å². The van der Waals surface area contributed by atoms with Crippen LogP contribution in [-0.2, 0) is 19.1 Å². The van der Waals surface area contributed by atoms with Gasteiger partial charge in [-0.05, 0) is 13.1 Å². The zero-order valence-corrected chi connectivity index (χ0v) is 9.41. The number of sulfone groups is 1. The van der Waals surface area contributed by atoms with Crippen LogP contribution in [-0.4, -0.2) is 57.7 Å². The quantitative estimate of drug-likeness (QED) is 0.569. The van der Waals surface area contributed by atoms with Crippen molar-refractivity contribution in [1.82, 2.24) is 4.81 Å². The van der Waals surface area contributed by atoms with E-state index in [1.54, 1.807) is 0 Å². The van der Waals surface area contributed by atoms with Crippen molar-refractivity contribution in [2.45, 2.75) is 12.2 Å². The highest BCUT2D eigenvalue weighted by Crippen LogP contribution is 2.41. The third-order valence-corrected chi connectivity index (χ3v) is 5.64. The fourth-order valence-electron chi connectivity index (χ4n) is 3.13. The molecule has 3 rings (SSSR count). The topological polar surface area (TPSA) is 55.8 Å². The molecule has 0 aliphatic carbocycles. The molecule has 0 aromatic carbocycles. The van der Waals surface area contributed by atoms with Crippen LogP contribution in [0.3, 0.4) is 0 Å². The normalized spacial score (nSPS) is 38.3. The minimum Gasteiger partial charge on any atom is -0.554 e. The second-order valence-corrected chi connectivity index (χ2v) is 6.90. The summed E-state index contributed by atoms with van der Waals surface area (Å²) in [6.07, 6.45) is 0.693. The summed E-state index contributed by atoms with van der Waals surface area (Å²) in [5, 5.41) is 0. The number of rotatable bonds is 1. The Morgan fingerprint density at radius 2 is 1.87 bits per heavy atom. The molecule has 0 N–H and O–H groups in total. The summed E-state index contributed by atoms with van der Waals surface area (Å²) in [7, 11) is -2.85. The number of hydrogen-bond donors (Lipinski definition) is 0. The van der Waals surface area contributed by atoms with Gasteiger partial charge >= 0.3 is 6.69 Å². The molecular weight excluding hydrogens is 217 g/mol. The van der Waals surface area contributed by atoms with E-state index in [0.717, 1.165) is 13.1 Å². The van der Waals surface area contributed by atoms with Crippen molar-refractivity contribution >= 4 is 16.5 Å². The molecule has 3 aliphatic rings. The maximum atomic E-state index is 11.5. The Balaban J connectivity index is 1.87. The van der Waals surface area contributed by atoms with Crippen molar-refractivity contribution in [3.63, 3.8) is 0 Å². The first-order valence-corrected chi connectivity index (χ1v) is 7.32. The SMILES string of the molecule is O=S1(=O)CCC([B-]23OCCN2CCO3)C1. The molecular formula is C8H15BNO4S-. The Bertz CT molecular complexity index is 361. The Morgan fingerprint density at radius 1 is 1.20 bits per heavy atom. The van der Waals surface area contributed by atoms with Crippen LogP contribution in [0, 0.1) is 0 Å². The summed E-state index contributed by atoms with van der Waals surface area (Å²) in [4.78, 5) is 2.20. The molecule has 0 radical (unpaired) electrons. The van der Waals surface area contributed by atoms with Gasteiger partial charge in [0, 0.05) is 24.7 Å². The first-order valence-electron chi connectivity index (χ1n) is 5.50. The lowest BCUT2D eigenvalue weighted by molar-refractivity contribution is 0.211. The first-order chi connectivity index (χ1) is 7.12. The maximum absolute atomic E-state index is 11.5. The average molecular weight is 232 g/mol. The summed E-state index contributed by atoms with van der Waals surface area (Å²) in [5.41, 5.74) is 0. The van der Waals surface area contributed by atoms with Gasteiger partial charge in [-0.15, -0.1) is 0 Å². The number of hydrogen-bond acceptors (Lipinski definition) is 5. The smallest absolute Gasteiger partial charge is 0.321 e. The van der Waals surface area contributed by atoms with E-state index in [9.17, 15) is 8.42 Å². The fraction of sp³-hybridized carbons (Fsp3) is 1.00. The molecule has 0 amide bonds. The van der Waals surface area contributed by atoms with Crippen LogP contribution >= 0.6 is 0 Å². The second-order valence-electron chi connectivity index (χ2n) is 4.67. The predicted molar refractivity (Wildman–Crippen MR) is 56.3 cm³/mol. The van der Waals surface area contributed by atoms with E-state index < -0.39 is 16.5 Å². The summed E-state index contributed by atoms with van der Waals surface area (Å²) in [6.45, 7) is 1.70. The van der Waals surface area contributed by atoms with Crippen molar-refractivity contribution in [3.05, 3.63) is 0 Å². The lowest BCUT2D eigenvalue weighted by Crippen LogP contribution is -2.51. The second kappa shape index (κ2) is 3.19. The molecule has 0 aromatic heterocycles. The van der Waals surface area contributed by atoms with Crippen molar-refractivity contribution in [2.75, 3.05) is 37.8 Å². The van der Waals surface area contributed by atoms with Gasteiger partial charge < -0.3 is 14.1 Å². The standard InChI is InChI=1S/C8H15BNO4S/c11-15(12)6-1-8(7-15)9-10(2-4-13-9)3-5-14-9/h8H,1-7H2/q-1. The zero-order chi connectivity index (χ0) is 10.5. The average Bonchev–Trinajstić information content (AvgIpc) is 2.75. The molecule has 15 heavy (non-hydrogen) atoms. The van der Waals surface area contributed by atoms with Crippen molar-refractivity contribution in [1.29, 1.82) is 0 Å². The van der Waals surface area contributed by atoms with E-state index in [-0.39, 0.29) is 11.6 Å². The Hall–Kier alpha value is -0.105. The summed E-state index contributed by atoms with van der Waals surface area (Å²) < 4.78 is 34.4.